The van der Waals surface area contributed by atoms with Gasteiger partial charge in [-0.3, -0.25) is 9.11 Å². The van der Waals surface area contributed by atoms with Crippen LogP contribution in [0.2, 0.25) is 0 Å². The van der Waals surface area contributed by atoms with Crippen molar-refractivity contribution in [3.63, 3.8) is 0 Å². The maximum atomic E-state index is 12.6. The molecule has 0 saturated carbocycles. The molecule has 0 aliphatic heterocycles. The Morgan fingerprint density at radius 3 is 0.903 bits per heavy atom. The first-order valence-corrected chi connectivity index (χ1v) is 11.4. The highest BCUT2D eigenvalue weighted by Crippen LogP contribution is 2.43. The zero-order valence-corrected chi connectivity index (χ0v) is 17.3. The predicted octanol–water partition coefficient (Wildman–Crippen LogP) is 4.26. The molecule has 31 heavy (non-hydrogen) atoms. The van der Waals surface area contributed by atoms with Gasteiger partial charge in [-0.15, -0.1) is 0 Å². The second-order valence-corrected chi connectivity index (χ2v) is 9.15. The lowest BCUT2D eigenvalue weighted by molar-refractivity contribution is -0.0510. The molecule has 0 unspecified atom stereocenters. The van der Waals surface area contributed by atoms with Crippen LogP contribution in [0.4, 0.5) is 13.2 Å². The maximum absolute atomic E-state index is 12.6. The van der Waals surface area contributed by atoms with E-state index in [1.165, 1.54) is 0 Å². The number of benzene rings is 3. The summed E-state index contributed by atoms with van der Waals surface area (Å²) in [5.74, 6) is 0. The monoisotopic (exact) mass is 474 g/mol. The topological polar surface area (TPSA) is 109 Å². The minimum Gasteiger partial charge on any atom is -0.284 e. The molecule has 2 N–H and O–H groups in total. The zero-order chi connectivity index (χ0) is 23.3. The second-order valence-electron chi connectivity index (χ2n) is 6.18. The molecule has 0 saturated heterocycles. The highest BCUT2D eigenvalue weighted by molar-refractivity contribution is 7.87. The van der Waals surface area contributed by atoms with E-state index in [4.69, 9.17) is 13.0 Å². The first-order valence-electron chi connectivity index (χ1n) is 8.49. The summed E-state index contributed by atoms with van der Waals surface area (Å²) >= 11 is 0. The third-order valence-electron chi connectivity index (χ3n) is 4.22. The lowest BCUT2D eigenvalue weighted by Gasteiger charge is -2.32. The Kier molecular flexibility index (Phi) is 7.27. The molecule has 0 aliphatic carbocycles. The number of alkyl halides is 3. The van der Waals surface area contributed by atoms with E-state index < -0.39 is 30.5 Å². The molecule has 3 rings (SSSR count). The summed E-state index contributed by atoms with van der Waals surface area (Å²) < 4.78 is 91.4. The number of halogens is 3. The molecule has 0 fully saturated rings. The first-order chi connectivity index (χ1) is 14.3. The fraction of sp³-hybridized carbons (Fsp3) is 0.100. The van der Waals surface area contributed by atoms with Gasteiger partial charge in [0.2, 0.25) is 0 Å². The van der Waals surface area contributed by atoms with Crippen LogP contribution >= 0.6 is 0 Å². The Bertz CT molecular complexity index is 1100. The third kappa shape index (κ3) is 5.31. The van der Waals surface area contributed by atoms with Crippen molar-refractivity contribution in [1.82, 2.24) is 0 Å². The summed E-state index contributed by atoms with van der Waals surface area (Å²) in [6, 6.07) is 26.3. The SMILES string of the molecule is O=S(=O)(O)C(F)(F)F.O=S(=O)(O)C(c1ccccc1)(c1ccccc1)c1ccccc1. The van der Waals surface area contributed by atoms with E-state index in [9.17, 15) is 26.1 Å². The molecular formula is C20H17F3O6S2. The standard InChI is InChI=1S/C19H16O3S.CHF3O3S/c20-23(21,22)19(16-10-4-1-5-11-16,17-12-6-2-7-13-17)18-14-8-3-9-15-18;2-1(3,4)8(5,6)7/h1-15H,(H,20,21,22);(H,5,6,7). The Labute approximate surface area is 177 Å². The van der Waals surface area contributed by atoms with Gasteiger partial charge in [0.15, 0.2) is 4.75 Å². The van der Waals surface area contributed by atoms with E-state index in [1.54, 1.807) is 72.8 Å². The van der Waals surface area contributed by atoms with E-state index in [-0.39, 0.29) is 0 Å². The van der Waals surface area contributed by atoms with Crippen molar-refractivity contribution in [3.05, 3.63) is 108 Å². The quantitative estimate of drug-likeness (QED) is 0.332. The Balaban J connectivity index is 0.000000366. The van der Waals surface area contributed by atoms with Gasteiger partial charge in [0.05, 0.1) is 0 Å². The molecule has 0 radical (unpaired) electrons. The van der Waals surface area contributed by atoms with Crippen LogP contribution in [0.15, 0.2) is 91.0 Å². The Hall–Kier alpha value is -2.73. The second kappa shape index (κ2) is 9.18. The van der Waals surface area contributed by atoms with Crippen molar-refractivity contribution in [2.45, 2.75) is 10.3 Å². The first kappa shape index (κ1) is 24.5. The molecule has 0 heterocycles. The van der Waals surface area contributed by atoms with Crippen LogP contribution in [-0.4, -0.2) is 31.4 Å². The van der Waals surface area contributed by atoms with Gasteiger partial charge in [-0.25, -0.2) is 0 Å². The predicted molar refractivity (Wildman–Crippen MR) is 108 cm³/mol. The zero-order valence-electron chi connectivity index (χ0n) is 15.6. The molecule has 3 aromatic carbocycles. The number of hydrogen-bond donors (Lipinski definition) is 2. The van der Waals surface area contributed by atoms with Gasteiger partial charge in [-0.1, -0.05) is 91.0 Å². The van der Waals surface area contributed by atoms with Gasteiger partial charge in [0.1, 0.15) is 0 Å². The number of rotatable bonds is 4. The van der Waals surface area contributed by atoms with Crippen LogP contribution in [0.5, 0.6) is 0 Å². The minimum absolute atomic E-state index is 0.500. The van der Waals surface area contributed by atoms with Gasteiger partial charge in [0, 0.05) is 0 Å². The van der Waals surface area contributed by atoms with Crippen LogP contribution in [0.1, 0.15) is 16.7 Å². The van der Waals surface area contributed by atoms with Crippen LogP contribution < -0.4 is 0 Å². The van der Waals surface area contributed by atoms with Crippen molar-refractivity contribution in [2.24, 2.45) is 0 Å². The maximum Gasteiger partial charge on any atom is 0.522 e. The summed E-state index contributed by atoms with van der Waals surface area (Å²) in [6.45, 7) is 0. The fourth-order valence-corrected chi connectivity index (χ4v) is 4.27. The molecule has 11 heteroatoms. The van der Waals surface area contributed by atoms with Crippen molar-refractivity contribution in [3.8, 4) is 0 Å². The normalized spacial score (nSPS) is 12.5. The minimum atomic E-state index is -5.84. The molecule has 0 amide bonds. The van der Waals surface area contributed by atoms with E-state index in [0.717, 1.165) is 0 Å². The smallest absolute Gasteiger partial charge is 0.284 e. The lowest BCUT2D eigenvalue weighted by Crippen LogP contribution is -2.38. The highest BCUT2D eigenvalue weighted by Gasteiger charge is 2.48. The summed E-state index contributed by atoms with van der Waals surface area (Å²) in [4.78, 5) is 0. The van der Waals surface area contributed by atoms with Crippen LogP contribution in [0.25, 0.3) is 0 Å². The lowest BCUT2D eigenvalue weighted by atomic mass is 9.84. The van der Waals surface area contributed by atoms with Gasteiger partial charge in [-0.05, 0) is 16.7 Å². The van der Waals surface area contributed by atoms with Crippen LogP contribution in [0, 0.1) is 0 Å². The Morgan fingerprint density at radius 2 is 0.742 bits per heavy atom. The van der Waals surface area contributed by atoms with Gasteiger partial charge >= 0.3 is 15.6 Å². The van der Waals surface area contributed by atoms with Crippen molar-refractivity contribution in [2.75, 3.05) is 0 Å². The van der Waals surface area contributed by atoms with Crippen molar-refractivity contribution >= 4 is 20.2 Å². The molecule has 0 aliphatic rings. The van der Waals surface area contributed by atoms with Gasteiger partial charge in [0.25, 0.3) is 10.1 Å². The van der Waals surface area contributed by atoms with Gasteiger partial charge in [-0.2, -0.15) is 30.0 Å². The average molecular weight is 474 g/mol. The van der Waals surface area contributed by atoms with Crippen molar-refractivity contribution < 1.29 is 39.1 Å². The van der Waals surface area contributed by atoms with Gasteiger partial charge < -0.3 is 0 Å². The molecule has 0 aromatic heterocycles. The van der Waals surface area contributed by atoms with E-state index >= 15 is 0 Å². The molecular weight excluding hydrogens is 457 g/mol. The van der Waals surface area contributed by atoms with Crippen molar-refractivity contribution in [1.29, 1.82) is 0 Å². The molecule has 166 valence electrons. The van der Waals surface area contributed by atoms with E-state index in [2.05, 4.69) is 0 Å². The van der Waals surface area contributed by atoms with E-state index in [1.807, 2.05) is 18.2 Å². The summed E-state index contributed by atoms with van der Waals surface area (Å²) in [7, 11) is -10.3. The average Bonchev–Trinajstić information content (AvgIpc) is 2.69. The largest absolute Gasteiger partial charge is 0.522 e. The fourth-order valence-electron chi connectivity index (χ4n) is 2.97. The summed E-state index contributed by atoms with van der Waals surface area (Å²) in [6.07, 6.45) is 0. The highest BCUT2D eigenvalue weighted by atomic mass is 32.2. The third-order valence-corrected chi connectivity index (χ3v) is 6.29. The molecule has 0 spiro atoms. The van der Waals surface area contributed by atoms with E-state index in [0.29, 0.717) is 16.7 Å². The Morgan fingerprint density at radius 1 is 0.516 bits per heavy atom. The summed E-state index contributed by atoms with van der Waals surface area (Å²) in [5, 5.41) is 0. The summed E-state index contributed by atoms with van der Waals surface area (Å²) in [5.41, 5.74) is -4.03. The molecule has 6 nitrogen and oxygen atoms in total. The molecule has 3 aromatic rings. The van der Waals surface area contributed by atoms with Crippen LogP contribution in [-0.2, 0) is 25.0 Å². The number of hydrogen-bond acceptors (Lipinski definition) is 4. The molecule has 0 bridgehead atoms. The molecule has 0 atom stereocenters. The van der Waals surface area contributed by atoms with Crippen LogP contribution in [0.3, 0.4) is 0 Å².